The van der Waals surface area contributed by atoms with Gasteiger partial charge in [-0.25, -0.2) is 5.10 Å². The summed E-state index contributed by atoms with van der Waals surface area (Å²) in [5.74, 6) is -18.9. The standard InChI is InChI=1S/C94H146N26O24/c1-2-3-29-64(84(134)113-70-36-40-76(123)100-44-23-22-31-63(82(95)132)107-90(140)72(52-59-54-104-62-30-21-20-28-61(59)62)114-85(135)66(33-25-46-103-94(98)99)110-89(139)71(51-58-26-16-15-17-27-58)115-91(141)73-53-60(121)56-120(73)92(70)142)108-87(137)68(38-42-80(128)129)111-83(133)65(32-24-45-102-93(96)97)109-88(138)69(39-43-81(130)131)112-86(136)67(37-41-79(126)127)106-77(124)55-105-78(125)57-144-50-49-143-48-47-101-75(122)35-19-14-12-10-8-6-4-5-7-9-11-13-18-34-74-116-118-119-117-74/h15-17,20-21,26-28,30,54,60,63-73,104,121H,2-14,18-19,22-25,29,31-53,55-57H2,1H3,(H2,95,132)(H,100,123)(H,101,122)(H,105,125)(H,106,124)(H,107,140)(H,108,137)(H,109,138)(H,110,139)(H,111,133)(H,112,136)(H,113,134)(H,114,135)(H,115,141)(H,126,127)(H,128,129)(H,130,131)(H4,96,97,102)(H4,98,99,103)(H,116,117,118,119)/t60-,63+,64+,65+,66+,67+,68+,69+,70+,71-,72+,73+/m1/s1. The Bertz CT molecular complexity index is 4820. The summed E-state index contributed by atoms with van der Waals surface area (Å²) < 4.78 is 10.8. The van der Waals surface area contributed by atoms with Crippen LogP contribution in [0.15, 0.2) is 60.8 Å². The molecule has 2 fully saturated rings. The van der Waals surface area contributed by atoms with Gasteiger partial charge in [0.15, 0.2) is 11.9 Å². The van der Waals surface area contributed by atoms with E-state index in [1.165, 1.54) is 51.4 Å². The van der Waals surface area contributed by atoms with Gasteiger partial charge >= 0.3 is 17.9 Å². The Morgan fingerprint density at radius 2 is 1.05 bits per heavy atom. The number of nitrogens with two attached hydrogens (primary N) is 3. The molecule has 0 saturated carbocycles. The number of guanidine groups is 2. The number of aryl methyl sites for hydroxylation is 1. The van der Waals surface area contributed by atoms with E-state index in [-0.39, 0.29) is 116 Å². The zero-order valence-corrected chi connectivity index (χ0v) is 81.7. The number of carbonyl (C=O) groups is 18. The van der Waals surface area contributed by atoms with Crippen molar-refractivity contribution in [2.24, 2.45) is 17.2 Å². The van der Waals surface area contributed by atoms with Crippen LogP contribution < -0.4 is 97.0 Å². The third-order valence-corrected chi connectivity index (χ3v) is 24.1. The fourth-order valence-electron chi connectivity index (χ4n) is 16.3. The number of para-hydroxylation sites is 1. The number of hydrogen-bond acceptors (Lipinski definition) is 26. The smallest absolute Gasteiger partial charge is 0.303 e. The van der Waals surface area contributed by atoms with Gasteiger partial charge in [-0.05, 0) is 118 Å². The summed E-state index contributed by atoms with van der Waals surface area (Å²) in [5.41, 5.74) is 18.8. The highest BCUT2D eigenvalue weighted by Gasteiger charge is 2.45. The van der Waals surface area contributed by atoms with Gasteiger partial charge in [-0.2, -0.15) is 0 Å². The summed E-state index contributed by atoms with van der Waals surface area (Å²) in [6, 6.07) is -2.88. The number of carbonyl (C=O) groups excluding carboxylic acids is 15. The lowest BCUT2D eigenvalue weighted by Gasteiger charge is -2.31. The number of ether oxygens (including phenoxy) is 2. The van der Waals surface area contributed by atoms with E-state index in [9.17, 15) is 87.5 Å². The number of benzene rings is 2. The molecule has 0 spiro atoms. The number of nitrogens with zero attached hydrogens (tertiary/aromatic N) is 4. The maximum Gasteiger partial charge on any atom is 0.303 e. The van der Waals surface area contributed by atoms with Gasteiger partial charge in [0.25, 0.3) is 0 Å². The van der Waals surface area contributed by atoms with Crippen molar-refractivity contribution >= 4 is 129 Å². The van der Waals surface area contributed by atoms with E-state index in [1.807, 2.05) is 0 Å². The van der Waals surface area contributed by atoms with Crippen LogP contribution in [-0.4, -0.2) is 308 Å². The molecule has 50 nitrogen and oxygen atoms in total. The van der Waals surface area contributed by atoms with Crippen LogP contribution in [0.25, 0.3) is 10.9 Å². The molecule has 144 heavy (non-hydrogen) atoms. The average molecular weight is 2020 g/mol. The first-order valence-corrected chi connectivity index (χ1v) is 49.5. The number of rotatable bonds is 62. The van der Waals surface area contributed by atoms with Gasteiger partial charge in [-0.3, -0.25) is 97.1 Å². The normalized spacial score (nSPS) is 18.3. The Balaban J connectivity index is 1.12. The number of tetrazole rings is 1. The highest BCUT2D eigenvalue weighted by atomic mass is 16.5. The van der Waals surface area contributed by atoms with E-state index in [1.54, 1.807) is 67.7 Å². The molecular formula is C94H146N26O24. The summed E-state index contributed by atoms with van der Waals surface area (Å²) >= 11 is 0. The summed E-state index contributed by atoms with van der Waals surface area (Å²) in [7, 11) is 0. The Morgan fingerprint density at radius 1 is 0.521 bits per heavy atom. The number of nitrogens with one attached hydrogen (secondary N) is 19. The third-order valence-electron chi connectivity index (χ3n) is 24.1. The van der Waals surface area contributed by atoms with Crippen LogP contribution in [0.2, 0.25) is 0 Å². The molecule has 12 atom stereocenters. The number of unbranched alkanes of at least 4 members (excludes halogenated alkanes) is 13. The molecular weight excluding hydrogens is 1880 g/mol. The van der Waals surface area contributed by atoms with Crippen molar-refractivity contribution < 1.29 is 116 Å². The fraction of sp³-hybridized carbons (Fsp3) is 0.628. The van der Waals surface area contributed by atoms with E-state index in [0.29, 0.717) is 34.9 Å². The number of aliphatic hydroxyl groups excluding tert-OH is 1. The maximum atomic E-state index is 15.4. The molecule has 2 aliphatic rings. The summed E-state index contributed by atoms with van der Waals surface area (Å²) in [6.45, 7) is 0.0253. The van der Waals surface area contributed by atoms with Crippen molar-refractivity contribution in [1.82, 2.24) is 110 Å². The lowest BCUT2D eigenvalue weighted by Crippen LogP contribution is -2.61. The van der Waals surface area contributed by atoms with Crippen molar-refractivity contribution in [1.29, 1.82) is 10.8 Å². The molecule has 4 heterocycles. The molecule has 0 unspecified atom stereocenters. The van der Waals surface area contributed by atoms with E-state index in [4.69, 9.17) is 37.5 Å². The zero-order chi connectivity index (χ0) is 105. The second-order valence-corrected chi connectivity index (χ2v) is 35.7. The predicted molar refractivity (Wildman–Crippen MR) is 521 cm³/mol. The highest BCUT2D eigenvalue weighted by molar-refractivity contribution is 6.01. The molecule has 4 aromatic rings. The van der Waals surface area contributed by atoms with Gasteiger partial charge in [0.2, 0.25) is 88.6 Å². The number of aliphatic carboxylic acids is 3. The topological polar surface area (TPSA) is 786 Å². The van der Waals surface area contributed by atoms with Gasteiger partial charge in [-0.15, -0.1) is 5.10 Å². The zero-order valence-electron chi connectivity index (χ0n) is 81.7. The summed E-state index contributed by atoms with van der Waals surface area (Å²) in [6.07, 6.45) is 9.64. The van der Waals surface area contributed by atoms with Crippen LogP contribution >= 0.6 is 0 Å². The molecule has 0 bridgehead atoms. The minimum Gasteiger partial charge on any atom is -0.481 e. The Hall–Kier alpha value is -14.1. The number of carboxylic acid groups (broad SMARTS) is 3. The third kappa shape index (κ3) is 47.2. The van der Waals surface area contributed by atoms with Crippen molar-refractivity contribution in [3.8, 4) is 0 Å². The molecule has 2 aromatic heterocycles. The first-order chi connectivity index (χ1) is 69.1. The molecule has 2 saturated heterocycles. The quantitative estimate of drug-likeness (QED) is 0.0131. The van der Waals surface area contributed by atoms with E-state index >= 15 is 19.2 Å². The van der Waals surface area contributed by atoms with Crippen LogP contribution in [0, 0.1) is 10.8 Å². The lowest BCUT2D eigenvalue weighted by atomic mass is 10.0. The van der Waals surface area contributed by atoms with Crippen LogP contribution in [-0.2, 0) is 115 Å². The fourth-order valence-corrected chi connectivity index (χ4v) is 16.3. The number of amides is 15. The van der Waals surface area contributed by atoms with Gasteiger partial charge in [0.05, 0.1) is 32.5 Å². The molecule has 2 aromatic carbocycles. The van der Waals surface area contributed by atoms with Crippen molar-refractivity contribution in [3.05, 3.63) is 77.7 Å². The predicted octanol–water partition coefficient (Wildman–Crippen LogP) is -1.88. The summed E-state index contributed by atoms with van der Waals surface area (Å²) in [4.78, 5) is 254. The Labute approximate surface area is 834 Å². The van der Waals surface area contributed by atoms with Gasteiger partial charge in [0, 0.05) is 108 Å². The molecule has 6 rings (SSSR count). The summed E-state index contributed by atoms with van der Waals surface area (Å²) in [5, 5.41) is 109. The Morgan fingerprint density at radius 3 is 1.64 bits per heavy atom. The van der Waals surface area contributed by atoms with Gasteiger partial charge < -0.3 is 137 Å². The second kappa shape index (κ2) is 66.7. The number of H-pyrrole nitrogens is 2. The molecule has 15 amide bonds. The van der Waals surface area contributed by atoms with Gasteiger partial charge in [0.1, 0.15) is 78.9 Å². The number of aliphatic hydroxyl groups is 1. The monoisotopic (exact) mass is 2020 g/mol. The number of carboxylic acids is 3. The second-order valence-electron chi connectivity index (χ2n) is 35.7. The van der Waals surface area contributed by atoms with Crippen LogP contribution in [0.4, 0.5) is 0 Å². The van der Waals surface area contributed by atoms with Crippen LogP contribution in [0.3, 0.4) is 0 Å². The Kier molecular flexibility index (Phi) is 54.9. The first-order valence-electron chi connectivity index (χ1n) is 49.5. The number of aromatic nitrogens is 5. The molecule has 29 N–H and O–H groups in total. The highest BCUT2D eigenvalue weighted by Crippen LogP contribution is 2.25. The number of primary amides is 1. The molecule has 50 heteroatoms. The minimum absolute atomic E-state index is 0.0261. The molecule has 796 valence electrons. The number of fused-ring (bicyclic) bond motifs is 2. The number of aromatic amines is 2. The van der Waals surface area contributed by atoms with Crippen molar-refractivity contribution in [2.75, 3.05) is 65.7 Å². The number of hydrogen-bond donors (Lipinski definition) is 26. The minimum atomic E-state index is -1.91. The SMILES string of the molecule is CCCC[C@H](NC(=O)[C@H](CCC(=O)O)NC(=O)[C@H](CCCNC(=N)N)NC(=O)[C@H](CCC(=O)O)NC(=O)[C@H](CCC(=O)O)NC(=O)CNC(=O)COCCOCCNC(=O)CCCCCCCCCCCCCCCc1nnn[nH]1)C(=O)N[C@H]1CCC(=O)NCCCC[C@@H](C(N)=O)NC(=O)[C@H](Cc2c[nH]c3ccccc23)NC(=O)[C@H](CCCNC(=N)N)NC(=O)[C@@H](Cc2ccccc2)NC(=O)[C@@H]2C[C@@H](O)CN2C1=O. The van der Waals surface area contributed by atoms with Crippen LogP contribution in [0.5, 0.6) is 0 Å². The molecule has 0 radical (unpaired) electrons. The lowest BCUT2D eigenvalue weighted by molar-refractivity contribution is -0.143. The largest absolute Gasteiger partial charge is 0.481 e. The van der Waals surface area contributed by atoms with E-state index < -0.39 is 269 Å². The van der Waals surface area contributed by atoms with Gasteiger partial charge in [-0.1, -0.05) is 139 Å². The van der Waals surface area contributed by atoms with Crippen molar-refractivity contribution in [3.63, 3.8) is 0 Å². The maximum absolute atomic E-state index is 15.4. The van der Waals surface area contributed by atoms with E-state index in [2.05, 4.69) is 105 Å². The average Bonchev–Trinajstić information content (AvgIpc) is 1.64. The molecule has 2 aliphatic heterocycles. The van der Waals surface area contributed by atoms with Crippen LogP contribution in [0.1, 0.15) is 236 Å². The van der Waals surface area contributed by atoms with Crippen molar-refractivity contribution in [2.45, 2.75) is 311 Å². The first kappa shape index (κ1) is 119. The molecule has 0 aliphatic carbocycles. The van der Waals surface area contributed by atoms with E-state index in [0.717, 1.165) is 49.2 Å².